The molecule has 0 aliphatic heterocycles. The number of H-pyrrole nitrogens is 1. The molecule has 0 saturated carbocycles. The summed E-state index contributed by atoms with van der Waals surface area (Å²) in [7, 11) is -3.99. The molecule has 9 heteroatoms. The van der Waals surface area contributed by atoms with Crippen molar-refractivity contribution in [1.82, 2.24) is 14.9 Å². The zero-order valence-corrected chi connectivity index (χ0v) is 13.6. The number of hydrogen-bond acceptors (Lipinski definition) is 4. The number of benzene rings is 1. The minimum Gasteiger partial charge on any atom is -0.326 e. The Morgan fingerprint density at radius 2 is 2.14 bits per heavy atom. The van der Waals surface area contributed by atoms with Crippen LogP contribution in [-0.2, 0) is 23.1 Å². The molecule has 4 N–H and O–H groups in total. The normalized spacial score (nSPS) is 11.8. The van der Waals surface area contributed by atoms with Crippen LogP contribution < -0.4 is 10.5 Å². The van der Waals surface area contributed by atoms with Crippen LogP contribution in [0, 0.1) is 12.7 Å². The molecule has 0 fully saturated rings. The van der Waals surface area contributed by atoms with Crippen LogP contribution in [0.1, 0.15) is 16.8 Å². The van der Waals surface area contributed by atoms with E-state index in [-0.39, 0.29) is 18.7 Å². The summed E-state index contributed by atoms with van der Waals surface area (Å²) in [5, 5.41) is 6.50. The molecule has 1 aromatic heterocycles. The Morgan fingerprint density at radius 1 is 1.43 bits per heavy atom. The van der Waals surface area contributed by atoms with Crippen LogP contribution in [0.3, 0.4) is 0 Å². The zero-order valence-electron chi connectivity index (χ0n) is 11.2. The van der Waals surface area contributed by atoms with E-state index in [1.165, 1.54) is 18.3 Å². The second-order valence-corrected chi connectivity index (χ2v) is 7.08. The zero-order chi connectivity index (χ0) is 15.6. The van der Waals surface area contributed by atoms with Gasteiger partial charge in [0, 0.05) is 34.4 Å². The van der Waals surface area contributed by atoms with Crippen LogP contribution in [0.4, 0.5) is 4.39 Å². The molecule has 2 aromatic rings. The molecule has 0 aliphatic rings. The van der Waals surface area contributed by atoms with Gasteiger partial charge < -0.3 is 5.73 Å². The SMILES string of the molecule is Cc1[nH]ncc1CNS(=O)(=O)c1cc(Br)cc(CN)c1F. The summed E-state index contributed by atoms with van der Waals surface area (Å²) in [6.45, 7) is 1.70. The van der Waals surface area contributed by atoms with Gasteiger partial charge in [-0.25, -0.2) is 17.5 Å². The monoisotopic (exact) mass is 376 g/mol. The van der Waals surface area contributed by atoms with E-state index in [2.05, 4.69) is 30.8 Å². The Bertz CT molecular complexity index is 761. The van der Waals surface area contributed by atoms with Crippen molar-refractivity contribution in [3.8, 4) is 0 Å². The third-order valence-corrected chi connectivity index (χ3v) is 4.83. The maximum absolute atomic E-state index is 14.2. The van der Waals surface area contributed by atoms with E-state index in [9.17, 15) is 12.8 Å². The standard InChI is InChI=1S/C12H14BrFN4O2S/c1-7-9(5-16-18-7)6-17-21(19,20)11-3-10(13)2-8(4-15)12(11)14/h2-3,5,17H,4,6,15H2,1H3,(H,16,18). The fourth-order valence-electron chi connectivity index (χ4n) is 1.77. The fourth-order valence-corrected chi connectivity index (χ4v) is 3.57. The van der Waals surface area contributed by atoms with Gasteiger partial charge in [-0.15, -0.1) is 0 Å². The van der Waals surface area contributed by atoms with Gasteiger partial charge >= 0.3 is 0 Å². The Morgan fingerprint density at radius 3 is 2.71 bits per heavy atom. The molecule has 6 nitrogen and oxygen atoms in total. The topological polar surface area (TPSA) is 101 Å². The van der Waals surface area contributed by atoms with E-state index in [1.807, 2.05) is 0 Å². The summed E-state index contributed by atoms with van der Waals surface area (Å²) in [6, 6.07) is 2.66. The number of hydrogen-bond donors (Lipinski definition) is 3. The minimum absolute atomic E-state index is 0.0224. The van der Waals surface area contributed by atoms with Crippen LogP contribution in [-0.4, -0.2) is 18.6 Å². The summed E-state index contributed by atoms with van der Waals surface area (Å²) in [6.07, 6.45) is 1.51. The van der Waals surface area contributed by atoms with Crippen molar-refractivity contribution in [2.75, 3.05) is 0 Å². The van der Waals surface area contributed by atoms with Crippen molar-refractivity contribution < 1.29 is 12.8 Å². The van der Waals surface area contributed by atoms with Gasteiger partial charge in [-0.1, -0.05) is 15.9 Å². The first kappa shape index (κ1) is 16.1. The lowest BCUT2D eigenvalue weighted by atomic mass is 10.2. The van der Waals surface area contributed by atoms with Crippen molar-refractivity contribution >= 4 is 26.0 Å². The molecule has 0 saturated heterocycles. The van der Waals surface area contributed by atoms with Crippen molar-refractivity contribution in [2.24, 2.45) is 5.73 Å². The quantitative estimate of drug-likeness (QED) is 0.736. The summed E-state index contributed by atoms with van der Waals surface area (Å²) in [5.41, 5.74) is 6.98. The number of aromatic nitrogens is 2. The van der Waals surface area contributed by atoms with E-state index in [0.29, 0.717) is 10.0 Å². The van der Waals surface area contributed by atoms with Crippen LogP contribution in [0.5, 0.6) is 0 Å². The van der Waals surface area contributed by atoms with Crippen LogP contribution in [0.2, 0.25) is 0 Å². The molecule has 114 valence electrons. The molecule has 2 rings (SSSR count). The van der Waals surface area contributed by atoms with Crippen molar-refractivity contribution in [3.05, 3.63) is 45.4 Å². The molecule has 0 amide bonds. The number of aryl methyl sites for hydroxylation is 1. The first-order valence-corrected chi connectivity index (χ1v) is 8.29. The highest BCUT2D eigenvalue weighted by Crippen LogP contribution is 2.24. The van der Waals surface area contributed by atoms with Crippen LogP contribution >= 0.6 is 15.9 Å². The molecule has 0 atom stereocenters. The van der Waals surface area contributed by atoms with Gasteiger partial charge in [0.05, 0.1) is 6.20 Å². The van der Waals surface area contributed by atoms with Gasteiger partial charge in [0.25, 0.3) is 0 Å². The highest BCUT2D eigenvalue weighted by molar-refractivity contribution is 9.10. The Kier molecular flexibility index (Phi) is 4.77. The first-order valence-electron chi connectivity index (χ1n) is 6.01. The van der Waals surface area contributed by atoms with Gasteiger partial charge in [0.1, 0.15) is 10.7 Å². The average Bonchev–Trinajstić information content (AvgIpc) is 2.84. The number of halogens is 2. The van der Waals surface area contributed by atoms with Gasteiger partial charge in [-0.05, 0) is 19.1 Å². The predicted molar refractivity (Wildman–Crippen MR) is 79.3 cm³/mol. The number of rotatable bonds is 5. The Hall–Kier alpha value is -1.29. The third kappa shape index (κ3) is 3.49. The van der Waals surface area contributed by atoms with E-state index in [0.717, 1.165) is 5.69 Å². The van der Waals surface area contributed by atoms with E-state index < -0.39 is 20.7 Å². The van der Waals surface area contributed by atoms with Crippen molar-refractivity contribution in [1.29, 1.82) is 0 Å². The van der Waals surface area contributed by atoms with Crippen molar-refractivity contribution in [3.63, 3.8) is 0 Å². The molecular formula is C12H14BrFN4O2S. The maximum atomic E-state index is 14.2. The van der Waals surface area contributed by atoms with Crippen LogP contribution in [0.25, 0.3) is 0 Å². The average molecular weight is 377 g/mol. The van der Waals surface area contributed by atoms with Crippen LogP contribution in [0.15, 0.2) is 27.7 Å². The third-order valence-electron chi connectivity index (χ3n) is 2.98. The predicted octanol–water partition coefficient (Wildman–Crippen LogP) is 1.56. The Labute approximate surface area is 130 Å². The highest BCUT2D eigenvalue weighted by atomic mass is 79.9. The molecule has 1 aromatic carbocycles. The van der Waals surface area contributed by atoms with E-state index >= 15 is 0 Å². The number of sulfonamides is 1. The maximum Gasteiger partial charge on any atom is 0.243 e. The van der Waals surface area contributed by atoms with Gasteiger partial charge in [-0.3, -0.25) is 5.10 Å². The lowest BCUT2D eigenvalue weighted by Gasteiger charge is -2.10. The summed E-state index contributed by atoms with van der Waals surface area (Å²) in [4.78, 5) is -0.432. The largest absolute Gasteiger partial charge is 0.326 e. The summed E-state index contributed by atoms with van der Waals surface area (Å²) >= 11 is 3.15. The lowest BCUT2D eigenvalue weighted by molar-refractivity contribution is 0.549. The van der Waals surface area contributed by atoms with Gasteiger partial charge in [0.15, 0.2) is 0 Å². The molecule has 0 aliphatic carbocycles. The van der Waals surface area contributed by atoms with Gasteiger partial charge in [-0.2, -0.15) is 5.10 Å². The van der Waals surface area contributed by atoms with E-state index in [4.69, 9.17) is 5.73 Å². The molecule has 0 unspecified atom stereocenters. The molecular weight excluding hydrogens is 363 g/mol. The lowest BCUT2D eigenvalue weighted by Crippen LogP contribution is -2.25. The second kappa shape index (κ2) is 6.22. The first-order chi connectivity index (χ1) is 9.85. The van der Waals surface area contributed by atoms with Gasteiger partial charge in [0.2, 0.25) is 10.0 Å². The smallest absolute Gasteiger partial charge is 0.243 e. The number of nitrogens with zero attached hydrogens (tertiary/aromatic N) is 1. The summed E-state index contributed by atoms with van der Waals surface area (Å²) in [5.74, 6) is -0.836. The molecule has 0 bridgehead atoms. The molecule has 0 spiro atoms. The molecule has 21 heavy (non-hydrogen) atoms. The number of nitrogens with one attached hydrogen (secondary N) is 2. The highest BCUT2D eigenvalue weighted by Gasteiger charge is 2.22. The minimum atomic E-state index is -3.99. The second-order valence-electron chi connectivity index (χ2n) is 4.43. The van der Waals surface area contributed by atoms with Crippen molar-refractivity contribution in [2.45, 2.75) is 24.9 Å². The fraction of sp³-hybridized carbons (Fsp3) is 0.250. The van der Waals surface area contributed by atoms with E-state index in [1.54, 1.807) is 6.92 Å². The summed E-state index contributed by atoms with van der Waals surface area (Å²) < 4.78 is 41.4. The molecule has 1 heterocycles. The Balaban J connectivity index is 2.32. The molecule has 0 radical (unpaired) electrons. The number of aromatic amines is 1. The number of nitrogens with two attached hydrogens (primary N) is 1.